The van der Waals surface area contributed by atoms with Crippen molar-refractivity contribution in [2.45, 2.75) is 51.0 Å². The molecule has 0 saturated heterocycles. The third-order valence-corrected chi connectivity index (χ3v) is 4.04. The van der Waals surface area contributed by atoms with Crippen LogP contribution in [0.15, 0.2) is 0 Å². The van der Waals surface area contributed by atoms with Gasteiger partial charge in [-0.3, -0.25) is 4.79 Å². The van der Waals surface area contributed by atoms with Gasteiger partial charge in [-0.05, 0) is 19.8 Å². The molecule has 0 unspecified atom stereocenters. The summed E-state index contributed by atoms with van der Waals surface area (Å²) < 4.78 is 0. The molecule has 0 atom stereocenters. The van der Waals surface area contributed by atoms with Crippen molar-refractivity contribution in [2.24, 2.45) is 0 Å². The number of aryl methyl sites for hydroxylation is 1. The quantitative estimate of drug-likeness (QED) is 0.508. The molecule has 1 fully saturated rings. The van der Waals surface area contributed by atoms with E-state index in [1.54, 1.807) is 6.92 Å². The summed E-state index contributed by atoms with van der Waals surface area (Å²) >= 11 is 5.93. The van der Waals surface area contributed by atoms with Crippen LogP contribution in [-0.2, 0) is 0 Å². The summed E-state index contributed by atoms with van der Waals surface area (Å²) in [5.41, 5.74) is -0.489. The van der Waals surface area contributed by atoms with E-state index in [9.17, 15) is 9.90 Å². The maximum atomic E-state index is 11.1. The van der Waals surface area contributed by atoms with Crippen LogP contribution in [0.2, 0.25) is 5.15 Å². The van der Waals surface area contributed by atoms with E-state index >= 15 is 0 Å². The van der Waals surface area contributed by atoms with Crippen LogP contribution < -0.4 is 5.32 Å². The summed E-state index contributed by atoms with van der Waals surface area (Å²) in [5.74, 6) is 0.895. The van der Waals surface area contributed by atoms with E-state index in [0.29, 0.717) is 24.5 Å². The van der Waals surface area contributed by atoms with E-state index in [-0.39, 0.29) is 10.7 Å². The largest absolute Gasteiger partial charge is 0.388 e. The Hall–Kier alpha value is -1.20. The van der Waals surface area contributed by atoms with Crippen LogP contribution in [0.3, 0.4) is 0 Å². The third-order valence-electron chi connectivity index (χ3n) is 3.75. The van der Waals surface area contributed by atoms with E-state index in [1.165, 1.54) is 12.8 Å². The van der Waals surface area contributed by atoms with E-state index < -0.39 is 5.60 Å². The lowest BCUT2D eigenvalue weighted by Crippen LogP contribution is -2.36. The standard InChI is InChI=1S/C14H20ClN3O2/c1-10-17-12(15)11(8-19)13(18-10)16-9-14(20)6-4-2-3-5-7-14/h8,20H,2-7,9H2,1H3,(H,16,17,18). The average Bonchev–Trinajstić information content (AvgIpc) is 2.61. The fourth-order valence-electron chi connectivity index (χ4n) is 2.60. The molecule has 6 heteroatoms. The van der Waals surface area contributed by atoms with E-state index in [1.807, 2.05) is 0 Å². The number of nitrogens with one attached hydrogen (secondary N) is 1. The van der Waals surface area contributed by atoms with Crippen molar-refractivity contribution < 1.29 is 9.90 Å². The first kappa shape index (κ1) is 15.2. The minimum atomic E-state index is -0.734. The van der Waals surface area contributed by atoms with Crippen LogP contribution in [0, 0.1) is 6.92 Å². The molecule has 5 nitrogen and oxygen atoms in total. The predicted octanol–water partition coefficient (Wildman–Crippen LogP) is 2.75. The Bertz CT molecular complexity index is 486. The highest BCUT2D eigenvalue weighted by Gasteiger charge is 2.28. The Morgan fingerprint density at radius 2 is 1.95 bits per heavy atom. The summed E-state index contributed by atoms with van der Waals surface area (Å²) in [4.78, 5) is 19.2. The molecule has 1 aromatic rings. The number of anilines is 1. The second-order valence-corrected chi connectivity index (χ2v) is 5.79. The van der Waals surface area contributed by atoms with Crippen molar-refractivity contribution in [2.75, 3.05) is 11.9 Å². The van der Waals surface area contributed by atoms with Crippen molar-refractivity contribution in [3.05, 3.63) is 16.5 Å². The van der Waals surface area contributed by atoms with E-state index in [2.05, 4.69) is 15.3 Å². The number of rotatable bonds is 4. The Balaban J connectivity index is 2.11. The highest BCUT2D eigenvalue weighted by atomic mass is 35.5. The lowest BCUT2D eigenvalue weighted by atomic mass is 9.94. The summed E-state index contributed by atoms with van der Waals surface area (Å²) in [6, 6.07) is 0. The zero-order valence-electron chi connectivity index (χ0n) is 11.7. The minimum Gasteiger partial charge on any atom is -0.388 e. The second kappa shape index (κ2) is 6.50. The van der Waals surface area contributed by atoms with Gasteiger partial charge in [-0.25, -0.2) is 9.97 Å². The number of aliphatic hydroxyl groups is 1. The zero-order valence-corrected chi connectivity index (χ0v) is 12.4. The number of carbonyl (C=O) groups is 1. The minimum absolute atomic E-state index is 0.142. The van der Waals surface area contributed by atoms with Gasteiger partial charge >= 0.3 is 0 Å². The van der Waals surface area contributed by atoms with Crippen molar-refractivity contribution >= 4 is 23.7 Å². The van der Waals surface area contributed by atoms with Gasteiger partial charge in [0.2, 0.25) is 0 Å². The van der Waals surface area contributed by atoms with E-state index in [0.717, 1.165) is 25.7 Å². The Morgan fingerprint density at radius 1 is 1.30 bits per heavy atom. The van der Waals surface area contributed by atoms with Gasteiger partial charge in [0.25, 0.3) is 0 Å². The Morgan fingerprint density at radius 3 is 2.55 bits per heavy atom. The predicted molar refractivity (Wildman–Crippen MR) is 78.3 cm³/mol. The number of halogens is 1. The van der Waals surface area contributed by atoms with Gasteiger partial charge in [-0.2, -0.15) is 0 Å². The van der Waals surface area contributed by atoms with Crippen molar-refractivity contribution in [1.29, 1.82) is 0 Å². The molecular weight excluding hydrogens is 278 g/mol. The normalized spacial score (nSPS) is 18.4. The van der Waals surface area contributed by atoms with Crippen LogP contribution in [0.5, 0.6) is 0 Å². The highest BCUT2D eigenvalue weighted by Crippen LogP contribution is 2.28. The second-order valence-electron chi connectivity index (χ2n) is 5.43. The maximum absolute atomic E-state index is 11.1. The van der Waals surface area contributed by atoms with Gasteiger partial charge in [0.15, 0.2) is 6.29 Å². The monoisotopic (exact) mass is 297 g/mol. The molecule has 2 N–H and O–H groups in total. The fourth-order valence-corrected chi connectivity index (χ4v) is 2.85. The molecule has 1 aliphatic rings. The van der Waals surface area contributed by atoms with Gasteiger partial charge in [0, 0.05) is 6.54 Å². The first-order chi connectivity index (χ1) is 9.54. The molecule has 20 heavy (non-hydrogen) atoms. The lowest BCUT2D eigenvalue weighted by Gasteiger charge is -2.27. The highest BCUT2D eigenvalue weighted by molar-refractivity contribution is 6.32. The van der Waals surface area contributed by atoms with Crippen molar-refractivity contribution in [3.8, 4) is 0 Å². The molecule has 1 aliphatic carbocycles. The summed E-state index contributed by atoms with van der Waals surface area (Å²) in [7, 11) is 0. The Kier molecular flexibility index (Phi) is 4.94. The number of hydrogen-bond donors (Lipinski definition) is 2. The van der Waals surface area contributed by atoms with Gasteiger partial charge in [0.05, 0.1) is 11.2 Å². The van der Waals surface area contributed by atoms with E-state index in [4.69, 9.17) is 11.6 Å². The number of hydrogen-bond acceptors (Lipinski definition) is 5. The van der Waals surface area contributed by atoms with Crippen LogP contribution in [0.25, 0.3) is 0 Å². The lowest BCUT2D eigenvalue weighted by molar-refractivity contribution is 0.0380. The molecule has 0 bridgehead atoms. The molecular formula is C14H20ClN3O2. The number of carbonyl (C=O) groups excluding carboxylic acids is 1. The van der Waals surface area contributed by atoms with Crippen LogP contribution >= 0.6 is 11.6 Å². The fraction of sp³-hybridized carbons (Fsp3) is 0.643. The molecule has 0 aliphatic heterocycles. The third kappa shape index (κ3) is 3.67. The number of aldehydes is 1. The van der Waals surface area contributed by atoms with Gasteiger partial charge in [0.1, 0.15) is 16.8 Å². The number of aromatic nitrogens is 2. The summed E-state index contributed by atoms with van der Waals surface area (Å²) in [6.07, 6.45) is 6.58. The first-order valence-corrected chi connectivity index (χ1v) is 7.37. The molecule has 0 radical (unpaired) electrons. The molecule has 1 heterocycles. The summed E-state index contributed by atoms with van der Waals surface area (Å²) in [5, 5.41) is 13.8. The topological polar surface area (TPSA) is 75.1 Å². The summed E-state index contributed by atoms with van der Waals surface area (Å²) in [6.45, 7) is 2.09. The average molecular weight is 298 g/mol. The van der Waals surface area contributed by atoms with Gasteiger partial charge < -0.3 is 10.4 Å². The van der Waals surface area contributed by atoms with Crippen molar-refractivity contribution in [3.63, 3.8) is 0 Å². The number of nitrogens with zero attached hydrogens (tertiary/aromatic N) is 2. The van der Waals surface area contributed by atoms with Crippen LogP contribution in [0.1, 0.15) is 54.7 Å². The maximum Gasteiger partial charge on any atom is 0.156 e. The van der Waals surface area contributed by atoms with Crippen LogP contribution in [0.4, 0.5) is 5.82 Å². The molecule has 0 aromatic carbocycles. The molecule has 0 spiro atoms. The van der Waals surface area contributed by atoms with Crippen molar-refractivity contribution in [1.82, 2.24) is 9.97 Å². The SMILES string of the molecule is Cc1nc(Cl)c(C=O)c(NCC2(O)CCCCCC2)n1. The Labute approximate surface area is 123 Å². The zero-order chi connectivity index (χ0) is 14.6. The van der Waals surface area contributed by atoms with Gasteiger partial charge in [-0.15, -0.1) is 0 Å². The molecule has 2 rings (SSSR count). The smallest absolute Gasteiger partial charge is 0.156 e. The van der Waals surface area contributed by atoms with Gasteiger partial charge in [-0.1, -0.05) is 37.3 Å². The van der Waals surface area contributed by atoms with Crippen LogP contribution in [-0.4, -0.2) is 33.5 Å². The molecule has 0 amide bonds. The molecule has 1 aromatic heterocycles. The molecule has 1 saturated carbocycles. The molecule has 110 valence electrons. The first-order valence-electron chi connectivity index (χ1n) is 7.00.